The quantitative estimate of drug-likeness (QED) is 0.836. The van der Waals surface area contributed by atoms with Crippen LogP contribution in [0.2, 0.25) is 0 Å². The summed E-state index contributed by atoms with van der Waals surface area (Å²) in [6, 6.07) is 3.78. The maximum atomic E-state index is 11.6. The third kappa shape index (κ3) is 2.66. The molecule has 84 valence electrons. The molecule has 16 heavy (non-hydrogen) atoms. The van der Waals surface area contributed by atoms with Gasteiger partial charge in [0, 0.05) is 17.8 Å². The Hall–Kier alpha value is -1.69. The summed E-state index contributed by atoms with van der Waals surface area (Å²) in [6.45, 7) is 2.54. The van der Waals surface area contributed by atoms with Gasteiger partial charge in [-0.15, -0.1) is 11.3 Å². The van der Waals surface area contributed by atoms with Gasteiger partial charge in [-0.1, -0.05) is 0 Å². The minimum atomic E-state index is -0.0300. The Bertz CT molecular complexity index is 463. The summed E-state index contributed by atoms with van der Waals surface area (Å²) in [5, 5.41) is 9.31. The van der Waals surface area contributed by atoms with Gasteiger partial charge in [0.05, 0.1) is 4.88 Å². The van der Waals surface area contributed by atoms with Crippen LogP contribution in [0.1, 0.15) is 20.4 Å². The lowest BCUT2D eigenvalue weighted by molar-refractivity contribution is 0.0958. The number of rotatable bonds is 4. The summed E-state index contributed by atoms with van der Waals surface area (Å²) in [4.78, 5) is 17.5. The first-order valence-electron chi connectivity index (χ1n) is 4.94. The second-order valence-corrected chi connectivity index (χ2v) is 4.64. The van der Waals surface area contributed by atoms with Crippen molar-refractivity contribution in [3.05, 3.63) is 34.0 Å². The Morgan fingerprint density at radius 3 is 3.06 bits per heavy atom. The van der Waals surface area contributed by atoms with Crippen molar-refractivity contribution in [3.63, 3.8) is 0 Å². The highest BCUT2D eigenvalue weighted by atomic mass is 32.1. The molecule has 0 radical (unpaired) electrons. The molecule has 0 spiro atoms. The molecular formula is C10H12N4OS. The fraction of sp³-hybridized carbons (Fsp3) is 0.300. The van der Waals surface area contributed by atoms with Crippen LogP contribution in [-0.2, 0) is 6.42 Å². The van der Waals surface area contributed by atoms with Gasteiger partial charge < -0.3 is 5.32 Å². The van der Waals surface area contributed by atoms with Crippen LogP contribution in [0, 0.1) is 6.92 Å². The molecule has 5 nitrogen and oxygen atoms in total. The third-order valence-corrected chi connectivity index (χ3v) is 3.08. The number of amides is 1. The van der Waals surface area contributed by atoms with Gasteiger partial charge in [-0.05, 0) is 19.1 Å². The van der Waals surface area contributed by atoms with E-state index in [-0.39, 0.29) is 5.91 Å². The SMILES string of the molecule is Cc1ccc(C(=O)NCCc2ncn[nH]2)s1. The van der Waals surface area contributed by atoms with Crippen LogP contribution in [-0.4, -0.2) is 27.6 Å². The summed E-state index contributed by atoms with van der Waals surface area (Å²) in [6.07, 6.45) is 2.12. The first kappa shape index (κ1) is 10.8. The average molecular weight is 236 g/mol. The number of carbonyl (C=O) groups is 1. The summed E-state index contributed by atoms with van der Waals surface area (Å²) >= 11 is 1.50. The molecule has 0 saturated carbocycles. The molecule has 0 aliphatic carbocycles. The lowest BCUT2D eigenvalue weighted by atomic mass is 10.3. The van der Waals surface area contributed by atoms with Crippen molar-refractivity contribution >= 4 is 17.2 Å². The van der Waals surface area contributed by atoms with E-state index in [1.165, 1.54) is 17.7 Å². The van der Waals surface area contributed by atoms with E-state index in [0.717, 1.165) is 15.6 Å². The number of aromatic nitrogens is 3. The number of H-pyrrole nitrogens is 1. The van der Waals surface area contributed by atoms with Gasteiger partial charge in [-0.2, -0.15) is 5.10 Å². The van der Waals surface area contributed by atoms with Gasteiger partial charge >= 0.3 is 0 Å². The molecule has 0 saturated heterocycles. The van der Waals surface area contributed by atoms with E-state index in [0.29, 0.717) is 13.0 Å². The number of nitrogens with zero attached hydrogens (tertiary/aromatic N) is 2. The zero-order valence-electron chi connectivity index (χ0n) is 8.86. The zero-order valence-corrected chi connectivity index (χ0v) is 9.67. The van der Waals surface area contributed by atoms with Gasteiger partial charge in [-0.25, -0.2) is 4.98 Å². The molecule has 6 heteroatoms. The van der Waals surface area contributed by atoms with Gasteiger partial charge in [0.1, 0.15) is 12.2 Å². The molecule has 0 atom stereocenters. The molecule has 1 amide bonds. The maximum Gasteiger partial charge on any atom is 0.261 e. The van der Waals surface area contributed by atoms with E-state index < -0.39 is 0 Å². The second-order valence-electron chi connectivity index (χ2n) is 3.35. The smallest absolute Gasteiger partial charge is 0.261 e. The molecule has 0 fully saturated rings. The summed E-state index contributed by atoms with van der Waals surface area (Å²) in [7, 11) is 0. The highest BCUT2D eigenvalue weighted by Crippen LogP contribution is 2.14. The van der Waals surface area contributed by atoms with E-state index in [1.807, 2.05) is 19.1 Å². The molecule has 0 bridgehead atoms. The molecule has 2 N–H and O–H groups in total. The van der Waals surface area contributed by atoms with E-state index in [2.05, 4.69) is 20.5 Å². The van der Waals surface area contributed by atoms with Crippen molar-refractivity contribution < 1.29 is 4.79 Å². The monoisotopic (exact) mass is 236 g/mol. The second kappa shape index (κ2) is 4.89. The van der Waals surface area contributed by atoms with Crippen LogP contribution >= 0.6 is 11.3 Å². The molecule has 0 aromatic carbocycles. The Kier molecular flexibility index (Phi) is 3.31. The van der Waals surface area contributed by atoms with Crippen molar-refractivity contribution in [2.24, 2.45) is 0 Å². The summed E-state index contributed by atoms with van der Waals surface area (Å²) in [5.41, 5.74) is 0. The zero-order chi connectivity index (χ0) is 11.4. The van der Waals surface area contributed by atoms with Crippen molar-refractivity contribution in [1.82, 2.24) is 20.5 Å². The van der Waals surface area contributed by atoms with Crippen LogP contribution in [0.25, 0.3) is 0 Å². The Morgan fingerprint density at radius 1 is 1.56 bits per heavy atom. The largest absolute Gasteiger partial charge is 0.351 e. The molecule has 0 aliphatic rings. The molecule has 0 aliphatic heterocycles. The highest BCUT2D eigenvalue weighted by molar-refractivity contribution is 7.13. The van der Waals surface area contributed by atoms with E-state index in [1.54, 1.807) is 0 Å². The van der Waals surface area contributed by atoms with Gasteiger partial charge in [0.15, 0.2) is 0 Å². The lowest BCUT2D eigenvalue weighted by Gasteiger charge is -2.00. The van der Waals surface area contributed by atoms with Crippen LogP contribution in [0.5, 0.6) is 0 Å². The standard InChI is InChI=1S/C10H12N4OS/c1-7-2-3-8(16-7)10(15)11-5-4-9-12-6-13-14-9/h2-3,6H,4-5H2,1H3,(H,11,15)(H,12,13,14). The molecule has 2 aromatic rings. The van der Waals surface area contributed by atoms with E-state index in [9.17, 15) is 4.79 Å². The van der Waals surface area contributed by atoms with E-state index >= 15 is 0 Å². The highest BCUT2D eigenvalue weighted by Gasteiger charge is 2.07. The molecular weight excluding hydrogens is 224 g/mol. The number of hydrogen-bond acceptors (Lipinski definition) is 4. The first-order valence-corrected chi connectivity index (χ1v) is 5.76. The fourth-order valence-corrected chi connectivity index (χ4v) is 2.07. The number of aryl methyl sites for hydroxylation is 1. The average Bonchev–Trinajstić information content (AvgIpc) is 2.89. The fourth-order valence-electron chi connectivity index (χ4n) is 1.29. The summed E-state index contributed by atoms with van der Waals surface area (Å²) < 4.78 is 0. The van der Waals surface area contributed by atoms with Gasteiger partial charge in [0.25, 0.3) is 5.91 Å². The van der Waals surface area contributed by atoms with Gasteiger partial charge in [0.2, 0.25) is 0 Å². The number of thiophene rings is 1. The number of aromatic amines is 1. The minimum absolute atomic E-state index is 0.0300. The molecule has 2 aromatic heterocycles. The van der Waals surface area contributed by atoms with Crippen LogP contribution in [0.3, 0.4) is 0 Å². The predicted octanol–water partition coefficient (Wildman–Crippen LogP) is 1.15. The van der Waals surface area contributed by atoms with Crippen molar-refractivity contribution in [2.45, 2.75) is 13.3 Å². The molecule has 2 rings (SSSR count). The normalized spacial score (nSPS) is 10.3. The van der Waals surface area contributed by atoms with Crippen LogP contribution < -0.4 is 5.32 Å². The predicted molar refractivity (Wildman–Crippen MR) is 61.5 cm³/mol. The van der Waals surface area contributed by atoms with Crippen molar-refractivity contribution in [2.75, 3.05) is 6.54 Å². The molecule has 0 unspecified atom stereocenters. The molecule has 2 heterocycles. The summed E-state index contributed by atoms with van der Waals surface area (Å²) in [5.74, 6) is 0.750. The number of nitrogens with one attached hydrogen (secondary N) is 2. The minimum Gasteiger partial charge on any atom is -0.351 e. The lowest BCUT2D eigenvalue weighted by Crippen LogP contribution is -2.25. The van der Waals surface area contributed by atoms with Gasteiger partial charge in [-0.3, -0.25) is 9.89 Å². The number of carbonyl (C=O) groups excluding carboxylic acids is 1. The Balaban J connectivity index is 1.80. The topological polar surface area (TPSA) is 70.7 Å². The first-order chi connectivity index (χ1) is 7.75. The Labute approximate surface area is 96.9 Å². The van der Waals surface area contributed by atoms with Crippen LogP contribution in [0.4, 0.5) is 0 Å². The maximum absolute atomic E-state index is 11.6. The third-order valence-electron chi connectivity index (χ3n) is 2.08. The van der Waals surface area contributed by atoms with Crippen molar-refractivity contribution in [3.8, 4) is 0 Å². The van der Waals surface area contributed by atoms with Crippen molar-refractivity contribution in [1.29, 1.82) is 0 Å². The Morgan fingerprint density at radius 2 is 2.44 bits per heavy atom. The van der Waals surface area contributed by atoms with Crippen LogP contribution in [0.15, 0.2) is 18.5 Å². The van der Waals surface area contributed by atoms with E-state index in [4.69, 9.17) is 0 Å². The number of hydrogen-bond donors (Lipinski definition) is 2.